The number of amides is 1. The molecule has 2 rings (SSSR count). The summed E-state index contributed by atoms with van der Waals surface area (Å²) in [5.74, 6) is 1.13. The van der Waals surface area contributed by atoms with E-state index in [4.69, 9.17) is 9.47 Å². The Kier molecular flexibility index (Phi) is 5.97. The Morgan fingerprint density at radius 3 is 2.61 bits per heavy atom. The first-order valence-corrected chi connectivity index (χ1v) is 7.68. The lowest BCUT2D eigenvalue weighted by molar-refractivity contribution is 0.200. The van der Waals surface area contributed by atoms with Crippen molar-refractivity contribution in [3.8, 4) is 11.6 Å². The second-order valence-corrected chi connectivity index (χ2v) is 5.13. The zero-order chi connectivity index (χ0) is 16.7. The molecule has 0 saturated carbocycles. The zero-order valence-electron chi connectivity index (χ0n) is 13.8. The number of hydrogen-bond donors (Lipinski definition) is 1. The van der Waals surface area contributed by atoms with Crippen LogP contribution in [0.2, 0.25) is 0 Å². The Labute approximate surface area is 136 Å². The molecule has 5 heteroatoms. The van der Waals surface area contributed by atoms with Crippen molar-refractivity contribution in [2.24, 2.45) is 0 Å². The molecule has 0 saturated heterocycles. The van der Waals surface area contributed by atoms with Gasteiger partial charge in [0.1, 0.15) is 5.75 Å². The highest BCUT2D eigenvalue weighted by molar-refractivity contribution is 5.70. The first-order valence-electron chi connectivity index (χ1n) is 7.68. The van der Waals surface area contributed by atoms with Gasteiger partial charge in [0.25, 0.3) is 0 Å². The van der Waals surface area contributed by atoms with E-state index in [2.05, 4.69) is 23.3 Å². The van der Waals surface area contributed by atoms with Gasteiger partial charge in [0, 0.05) is 17.8 Å². The average Bonchev–Trinajstić information content (AvgIpc) is 2.56. The molecule has 1 N–H and O–H groups in total. The second kappa shape index (κ2) is 8.17. The van der Waals surface area contributed by atoms with Gasteiger partial charge in [-0.05, 0) is 43.5 Å². The number of benzene rings is 1. The molecule has 0 aliphatic heterocycles. The van der Waals surface area contributed by atoms with Crippen LogP contribution in [0.1, 0.15) is 23.7 Å². The summed E-state index contributed by atoms with van der Waals surface area (Å²) < 4.78 is 10.5. The van der Waals surface area contributed by atoms with Gasteiger partial charge in [-0.3, -0.25) is 0 Å². The number of pyridine rings is 1. The van der Waals surface area contributed by atoms with Crippen LogP contribution in [0.15, 0.2) is 36.4 Å². The van der Waals surface area contributed by atoms with Crippen LogP contribution in [-0.2, 0) is 12.8 Å². The first-order chi connectivity index (χ1) is 11.1. The SMILES string of the molecule is CCc1cc(CCNC(=O)Oc2ccccc2)c(OC)nc1C. The molecular weight excluding hydrogens is 292 g/mol. The molecule has 1 aromatic heterocycles. The van der Waals surface area contributed by atoms with Crippen molar-refractivity contribution in [3.63, 3.8) is 0 Å². The lowest BCUT2D eigenvalue weighted by Gasteiger charge is -2.12. The van der Waals surface area contributed by atoms with E-state index in [1.165, 1.54) is 5.56 Å². The summed E-state index contributed by atoms with van der Waals surface area (Å²) in [6.45, 7) is 4.52. The van der Waals surface area contributed by atoms with Gasteiger partial charge < -0.3 is 14.8 Å². The van der Waals surface area contributed by atoms with Gasteiger partial charge >= 0.3 is 6.09 Å². The van der Waals surface area contributed by atoms with Gasteiger partial charge in [0.15, 0.2) is 0 Å². The molecule has 1 aromatic carbocycles. The molecule has 0 aliphatic carbocycles. The standard InChI is InChI=1S/C18H22N2O3/c1-4-14-12-15(17(22-3)20-13(14)2)10-11-19-18(21)23-16-8-6-5-7-9-16/h5-9,12H,4,10-11H2,1-3H3,(H,19,21). The minimum Gasteiger partial charge on any atom is -0.481 e. The van der Waals surface area contributed by atoms with Gasteiger partial charge in [-0.1, -0.05) is 25.1 Å². The number of nitrogens with one attached hydrogen (secondary N) is 1. The predicted octanol–water partition coefficient (Wildman–Crippen LogP) is 3.29. The molecular formula is C18H22N2O3. The molecule has 0 radical (unpaired) electrons. The quantitative estimate of drug-likeness (QED) is 0.889. The first kappa shape index (κ1) is 16.8. The Morgan fingerprint density at radius 2 is 1.96 bits per heavy atom. The maximum absolute atomic E-state index is 11.8. The smallest absolute Gasteiger partial charge is 0.412 e. The Morgan fingerprint density at radius 1 is 1.22 bits per heavy atom. The molecule has 0 fully saturated rings. The van der Waals surface area contributed by atoms with Crippen LogP contribution in [-0.4, -0.2) is 24.7 Å². The summed E-state index contributed by atoms with van der Waals surface area (Å²) in [5.41, 5.74) is 3.15. The topological polar surface area (TPSA) is 60.5 Å². The number of methoxy groups -OCH3 is 1. The van der Waals surface area contributed by atoms with Crippen LogP contribution in [0.25, 0.3) is 0 Å². The van der Waals surface area contributed by atoms with E-state index in [0.717, 1.165) is 17.7 Å². The number of aromatic nitrogens is 1. The van der Waals surface area contributed by atoms with E-state index in [0.29, 0.717) is 24.6 Å². The molecule has 0 spiro atoms. The van der Waals surface area contributed by atoms with Gasteiger partial charge in [-0.25, -0.2) is 9.78 Å². The highest BCUT2D eigenvalue weighted by atomic mass is 16.6. The van der Waals surface area contributed by atoms with Crippen LogP contribution in [0.5, 0.6) is 11.6 Å². The molecule has 1 amide bonds. The van der Waals surface area contributed by atoms with E-state index in [9.17, 15) is 4.79 Å². The summed E-state index contributed by atoms with van der Waals surface area (Å²) in [6.07, 6.45) is 1.08. The number of hydrogen-bond acceptors (Lipinski definition) is 4. The summed E-state index contributed by atoms with van der Waals surface area (Å²) in [5, 5.41) is 2.74. The molecule has 0 bridgehead atoms. The van der Waals surface area contributed by atoms with E-state index < -0.39 is 6.09 Å². The lowest BCUT2D eigenvalue weighted by atomic mass is 10.1. The van der Waals surface area contributed by atoms with Gasteiger partial charge in [-0.2, -0.15) is 0 Å². The number of ether oxygens (including phenoxy) is 2. The molecule has 122 valence electrons. The summed E-state index contributed by atoms with van der Waals surface area (Å²) in [7, 11) is 1.61. The number of aryl methyl sites for hydroxylation is 2. The summed E-state index contributed by atoms with van der Waals surface area (Å²) >= 11 is 0. The van der Waals surface area contributed by atoms with E-state index in [-0.39, 0.29) is 0 Å². The number of rotatable bonds is 6. The average molecular weight is 314 g/mol. The number of carbonyl (C=O) groups is 1. The van der Waals surface area contributed by atoms with Crippen LogP contribution < -0.4 is 14.8 Å². The van der Waals surface area contributed by atoms with Gasteiger partial charge in [0.05, 0.1) is 7.11 Å². The lowest BCUT2D eigenvalue weighted by Crippen LogP contribution is -2.28. The van der Waals surface area contributed by atoms with E-state index in [1.54, 1.807) is 19.2 Å². The summed E-state index contributed by atoms with van der Waals surface area (Å²) in [4.78, 5) is 16.2. The van der Waals surface area contributed by atoms with Crippen molar-refractivity contribution < 1.29 is 14.3 Å². The minimum atomic E-state index is -0.467. The molecule has 1 heterocycles. The van der Waals surface area contributed by atoms with Crippen molar-refractivity contribution in [1.82, 2.24) is 10.3 Å². The molecule has 2 aromatic rings. The van der Waals surface area contributed by atoms with Crippen molar-refractivity contribution in [3.05, 3.63) is 53.2 Å². The normalized spacial score (nSPS) is 10.2. The highest BCUT2D eigenvalue weighted by Crippen LogP contribution is 2.20. The zero-order valence-corrected chi connectivity index (χ0v) is 13.8. The third kappa shape index (κ3) is 4.71. The molecule has 5 nitrogen and oxygen atoms in total. The molecule has 0 unspecified atom stereocenters. The number of carbonyl (C=O) groups excluding carboxylic acids is 1. The predicted molar refractivity (Wildman–Crippen MR) is 89.1 cm³/mol. The largest absolute Gasteiger partial charge is 0.481 e. The van der Waals surface area contributed by atoms with Crippen LogP contribution in [0, 0.1) is 6.92 Å². The highest BCUT2D eigenvalue weighted by Gasteiger charge is 2.10. The van der Waals surface area contributed by atoms with Crippen molar-refractivity contribution >= 4 is 6.09 Å². The van der Waals surface area contributed by atoms with Gasteiger partial charge in [0.2, 0.25) is 5.88 Å². The fourth-order valence-electron chi connectivity index (χ4n) is 2.32. The Bertz CT molecular complexity index is 657. The van der Waals surface area contributed by atoms with Gasteiger partial charge in [-0.15, -0.1) is 0 Å². The monoisotopic (exact) mass is 314 g/mol. The Hall–Kier alpha value is -2.56. The molecule has 23 heavy (non-hydrogen) atoms. The molecule has 0 aliphatic rings. The fraction of sp³-hybridized carbons (Fsp3) is 0.333. The number of para-hydroxylation sites is 1. The third-order valence-corrected chi connectivity index (χ3v) is 3.55. The minimum absolute atomic E-state index is 0.454. The van der Waals surface area contributed by atoms with E-state index >= 15 is 0 Å². The van der Waals surface area contributed by atoms with Crippen molar-refractivity contribution in [1.29, 1.82) is 0 Å². The van der Waals surface area contributed by atoms with E-state index in [1.807, 2.05) is 25.1 Å². The second-order valence-electron chi connectivity index (χ2n) is 5.13. The maximum atomic E-state index is 11.8. The Balaban J connectivity index is 1.92. The third-order valence-electron chi connectivity index (χ3n) is 3.55. The maximum Gasteiger partial charge on any atom is 0.412 e. The van der Waals surface area contributed by atoms with Crippen molar-refractivity contribution in [2.75, 3.05) is 13.7 Å². The summed E-state index contributed by atoms with van der Waals surface area (Å²) in [6, 6.07) is 11.1. The van der Waals surface area contributed by atoms with Crippen LogP contribution >= 0.6 is 0 Å². The fourth-order valence-corrected chi connectivity index (χ4v) is 2.32. The molecule has 0 atom stereocenters. The van der Waals surface area contributed by atoms with Crippen LogP contribution in [0.4, 0.5) is 4.79 Å². The van der Waals surface area contributed by atoms with Crippen LogP contribution in [0.3, 0.4) is 0 Å². The van der Waals surface area contributed by atoms with Crippen molar-refractivity contribution in [2.45, 2.75) is 26.7 Å². The number of nitrogens with zero attached hydrogens (tertiary/aromatic N) is 1.